The molecule has 0 radical (unpaired) electrons. The lowest BCUT2D eigenvalue weighted by Crippen LogP contribution is -2.15. The van der Waals surface area contributed by atoms with Gasteiger partial charge in [0.15, 0.2) is 0 Å². The fourth-order valence-electron chi connectivity index (χ4n) is 1.69. The van der Waals surface area contributed by atoms with E-state index >= 15 is 0 Å². The summed E-state index contributed by atoms with van der Waals surface area (Å²) in [5.74, 6) is 0.414. The number of rotatable bonds is 3. The highest BCUT2D eigenvalue weighted by molar-refractivity contribution is 7.92. The zero-order valence-corrected chi connectivity index (χ0v) is 11.8. The number of nitrogens with two attached hydrogens (primary N) is 1. The van der Waals surface area contributed by atoms with Crippen molar-refractivity contribution in [3.8, 4) is 0 Å². The lowest BCUT2D eigenvalue weighted by Gasteiger charge is -2.09. The molecule has 7 heteroatoms. The maximum absolute atomic E-state index is 12.2. The molecule has 6 nitrogen and oxygen atoms in total. The number of benzene rings is 1. The Hall–Kier alpha value is -2.02. The minimum absolute atomic E-state index is 0.134. The number of aryl methyl sites for hydroxylation is 3. The number of nitrogens with one attached hydrogen (secondary N) is 1. The van der Waals surface area contributed by atoms with Crippen LogP contribution in [0.1, 0.15) is 11.3 Å². The van der Waals surface area contributed by atoms with Gasteiger partial charge >= 0.3 is 0 Å². The monoisotopic (exact) mass is 280 g/mol. The molecule has 0 unspecified atom stereocenters. The second-order valence-electron chi connectivity index (χ2n) is 4.42. The molecule has 3 N–H and O–H groups in total. The first-order chi connectivity index (χ1) is 8.79. The normalized spacial score (nSPS) is 11.5. The maximum Gasteiger partial charge on any atom is 0.263 e. The van der Waals surface area contributed by atoms with E-state index in [2.05, 4.69) is 9.82 Å². The summed E-state index contributed by atoms with van der Waals surface area (Å²) in [7, 11) is -1.98. The fraction of sp³-hybridized carbons (Fsp3) is 0.250. The molecule has 19 heavy (non-hydrogen) atoms. The molecule has 0 spiro atoms. The zero-order valence-electron chi connectivity index (χ0n) is 11.0. The molecule has 0 fully saturated rings. The predicted molar refractivity (Wildman–Crippen MR) is 74.3 cm³/mol. The van der Waals surface area contributed by atoms with Crippen LogP contribution in [0.15, 0.2) is 29.2 Å². The third kappa shape index (κ3) is 2.70. The van der Waals surface area contributed by atoms with E-state index < -0.39 is 10.0 Å². The van der Waals surface area contributed by atoms with Crippen molar-refractivity contribution in [2.45, 2.75) is 18.7 Å². The van der Waals surface area contributed by atoms with E-state index in [0.717, 1.165) is 11.3 Å². The molecule has 2 aromatic rings. The standard InChI is InChI=1S/C12H16N4O2S/c1-8-4-5-10(7-11(8)13)19(17,18)15-12-6-9(2)14-16(12)3/h4-7,15H,13H2,1-3H3. The van der Waals surface area contributed by atoms with Gasteiger partial charge in [-0.2, -0.15) is 5.10 Å². The molecule has 0 atom stereocenters. The molecule has 102 valence electrons. The highest BCUT2D eigenvalue weighted by atomic mass is 32.2. The van der Waals surface area contributed by atoms with E-state index in [-0.39, 0.29) is 4.90 Å². The summed E-state index contributed by atoms with van der Waals surface area (Å²) >= 11 is 0. The largest absolute Gasteiger partial charge is 0.398 e. The van der Waals surface area contributed by atoms with Crippen LogP contribution in [0.5, 0.6) is 0 Å². The maximum atomic E-state index is 12.2. The van der Waals surface area contributed by atoms with Gasteiger partial charge < -0.3 is 5.73 Å². The van der Waals surface area contributed by atoms with Crippen LogP contribution in [0.25, 0.3) is 0 Å². The van der Waals surface area contributed by atoms with E-state index in [1.807, 2.05) is 6.92 Å². The van der Waals surface area contributed by atoms with Crippen LogP contribution in [0.3, 0.4) is 0 Å². The Labute approximate surface area is 112 Å². The Bertz CT molecular complexity index is 719. The van der Waals surface area contributed by atoms with Gasteiger partial charge in [0.2, 0.25) is 0 Å². The predicted octanol–water partition coefficient (Wildman–Crippen LogP) is 1.42. The van der Waals surface area contributed by atoms with Crippen LogP contribution in [0.4, 0.5) is 11.5 Å². The average Bonchev–Trinajstić information content (AvgIpc) is 2.60. The Morgan fingerprint density at radius 3 is 2.47 bits per heavy atom. The zero-order chi connectivity index (χ0) is 14.2. The van der Waals surface area contributed by atoms with Gasteiger partial charge in [0, 0.05) is 18.8 Å². The summed E-state index contributed by atoms with van der Waals surface area (Å²) in [6.45, 7) is 3.62. The molecule has 0 bridgehead atoms. The van der Waals surface area contributed by atoms with Crippen LogP contribution in [0, 0.1) is 13.8 Å². The summed E-state index contributed by atoms with van der Waals surface area (Å²) in [6, 6.07) is 6.31. The first-order valence-electron chi connectivity index (χ1n) is 5.69. The van der Waals surface area contributed by atoms with E-state index in [1.165, 1.54) is 16.8 Å². The summed E-state index contributed by atoms with van der Waals surface area (Å²) in [5.41, 5.74) is 7.77. The number of aromatic nitrogens is 2. The van der Waals surface area contributed by atoms with Crippen molar-refractivity contribution in [1.29, 1.82) is 0 Å². The van der Waals surface area contributed by atoms with Crippen molar-refractivity contribution < 1.29 is 8.42 Å². The van der Waals surface area contributed by atoms with Gasteiger partial charge in [-0.25, -0.2) is 8.42 Å². The minimum atomic E-state index is -3.65. The minimum Gasteiger partial charge on any atom is -0.398 e. The van der Waals surface area contributed by atoms with E-state index in [9.17, 15) is 8.42 Å². The number of nitrogens with zero attached hydrogens (tertiary/aromatic N) is 2. The van der Waals surface area contributed by atoms with Crippen LogP contribution >= 0.6 is 0 Å². The third-order valence-corrected chi connectivity index (χ3v) is 4.15. The van der Waals surface area contributed by atoms with Gasteiger partial charge in [0.1, 0.15) is 5.82 Å². The van der Waals surface area contributed by atoms with Crippen molar-refractivity contribution in [2.75, 3.05) is 10.5 Å². The molecule has 0 saturated carbocycles. The second-order valence-corrected chi connectivity index (χ2v) is 6.10. The highest BCUT2D eigenvalue weighted by Crippen LogP contribution is 2.20. The van der Waals surface area contributed by atoms with E-state index in [4.69, 9.17) is 5.73 Å². The number of sulfonamides is 1. The number of anilines is 2. The van der Waals surface area contributed by atoms with Crippen molar-refractivity contribution in [3.05, 3.63) is 35.5 Å². The summed E-state index contributed by atoms with van der Waals surface area (Å²) in [6.07, 6.45) is 0. The summed E-state index contributed by atoms with van der Waals surface area (Å²) in [5, 5.41) is 4.09. The van der Waals surface area contributed by atoms with Crippen molar-refractivity contribution >= 4 is 21.5 Å². The molecular formula is C12H16N4O2S. The Kier molecular flexibility index (Phi) is 3.23. The number of nitrogen functional groups attached to an aromatic ring is 1. The fourth-order valence-corrected chi connectivity index (χ4v) is 2.80. The summed E-state index contributed by atoms with van der Waals surface area (Å²) in [4.78, 5) is 0.134. The molecule has 2 rings (SSSR count). The SMILES string of the molecule is Cc1cc(NS(=O)(=O)c2ccc(C)c(N)c2)n(C)n1. The van der Waals surface area contributed by atoms with E-state index in [0.29, 0.717) is 11.5 Å². The Balaban J connectivity index is 2.37. The lowest BCUT2D eigenvalue weighted by molar-refractivity contribution is 0.600. The molecule has 0 amide bonds. The van der Waals surface area contributed by atoms with Gasteiger partial charge in [-0.15, -0.1) is 0 Å². The number of hydrogen-bond acceptors (Lipinski definition) is 4. The molecule has 0 aliphatic carbocycles. The average molecular weight is 280 g/mol. The van der Waals surface area contributed by atoms with E-state index in [1.54, 1.807) is 26.1 Å². The van der Waals surface area contributed by atoms with Gasteiger partial charge in [-0.1, -0.05) is 6.07 Å². The smallest absolute Gasteiger partial charge is 0.263 e. The highest BCUT2D eigenvalue weighted by Gasteiger charge is 2.17. The van der Waals surface area contributed by atoms with Gasteiger partial charge in [0.05, 0.1) is 10.6 Å². The third-order valence-electron chi connectivity index (χ3n) is 2.80. The topological polar surface area (TPSA) is 90.0 Å². The first-order valence-corrected chi connectivity index (χ1v) is 7.17. The Morgan fingerprint density at radius 1 is 1.26 bits per heavy atom. The quantitative estimate of drug-likeness (QED) is 0.832. The van der Waals surface area contributed by atoms with Crippen LogP contribution in [0.2, 0.25) is 0 Å². The molecule has 0 aliphatic heterocycles. The van der Waals surface area contributed by atoms with Crippen LogP contribution in [-0.2, 0) is 17.1 Å². The molecule has 1 aromatic carbocycles. The van der Waals surface area contributed by atoms with Gasteiger partial charge in [-0.05, 0) is 31.5 Å². The van der Waals surface area contributed by atoms with Crippen LogP contribution in [-0.4, -0.2) is 18.2 Å². The number of hydrogen-bond donors (Lipinski definition) is 2. The van der Waals surface area contributed by atoms with Gasteiger partial charge in [0.25, 0.3) is 10.0 Å². The van der Waals surface area contributed by atoms with Crippen molar-refractivity contribution in [1.82, 2.24) is 9.78 Å². The molecule has 0 saturated heterocycles. The molecule has 1 heterocycles. The van der Waals surface area contributed by atoms with Crippen molar-refractivity contribution in [3.63, 3.8) is 0 Å². The second kappa shape index (κ2) is 4.58. The lowest BCUT2D eigenvalue weighted by atomic mass is 10.2. The first kappa shape index (κ1) is 13.4. The molecule has 1 aromatic heterocycles. The Morgan fingerprint density at radius 2 is 1.95 bits per heavy atom. The molecular weight excluding hydrogens is 264 g/mol. The summed E-state index contributed by atoms with van der Waals surface area (Å²) < 4.78 is 28.4. The van der Waals surface area contributed by atoms with Crippen molar-refractivity contribution in [2.24, 2.45) is 7.05 Å². The molecule has 0 aliphatic rings. The van der Waals surface area contributed by atoms with Gasteiger partial charge in [-0.3, -0.25) is 9.40 Å². The van der Waals surface area contributed by atoms with Crippen LogP contribution < -0.4 is 10.5 Å².